The van der Waals surface area contributed by atoms with Crippen molar-refractivity contribution in [2.75, 3.05) is 7.05 Å². The van der Waals surface area contributed by atoms with Crippen LogP contribution in [0.4, 0.5) is 0 Å². The molecule has 0 amide bonds. The fourth-order valence-electron chi connectivity index (χ4n) is 2.36. The van der Waals surface area contributed by atoms with Crippen molar-refractivity contribution in [2.45, 2.75) is 39.2 Å². The zero-order valence-electron chi connectivity index (χ0n) is 12.1. The molecule has 2 aromatic rings. The van der Waals surface area contributed by atoms with Gasteiger partial charge in [-0.25, -0.2) is 0 Å². The largest absolute Gasteiger partial charge is 0.312 e. The minimum Gasteiger partial charge on any atom is -0.312 e. The molecule has 0 spiro atoms. The zero-order valence-corrected chi connectivity index (χ0v) is 12.9. The lowest BCUT2D eigenvalue weighted by Gasteiger charge is -2.14. The first-order valence-corrected chi connectivity index (χ1v) is 7.80. The van der Waals surface area contributed by atoms with Crippen molar-refractivity contribution in [1.29, 1.82) is 0 Å². The predicted molar refractivity (Wildman–Crippen MR) is 85.0 cm³/mol. The van der Waals surface area contributed by atoms with E-state index in [1.54, 1.807) is 0 Å². The highest BCUT2D eigenvalue weighted by atomic mass is 32.1. The van der Waals surface area contributed by atoms with Gasteiger partial charge in [0.05, 0.1) is 0 Å². The van der Waals surface area contributed by atoms with E-state index < -0.39 is 0 Å². The Hall–Kier alpha value is -1.12. The van der Waals surface area contributed by atoms with Crippen LogP contribution in [0.1, 0.15) is 39.8 Å². The second-order valence-corrected chi connectivity index (χ2v) is 6.39. The molecule has 102 valence electrons. The maximum Gasteiger partial charge on any atom is 0.0412 e. The van der Waals surface area contributed by atoms with E-state index in [9.17, 15) is 0 Å². The highest BCUT2D eigenvalue weighted by Crippen LogP contribution is 2.29. The molecule has 1 heterocycles. The van der Waals surface area contributed by atoms with Crippen LogP contribution in [-0.2, 0) is 6.42 Å². The van der Waals surface area contributed by atoms with Crippen molar-refractivity contribution >= 4 is 11.3 Å². The Bertz CT molecular complexity index is 482. The molecule has 19 heavy (non-hydrogen) atoms. The van der Waals surface area contributed by atoms with Gasteiger partial charge in [0.2, 0.25) is 0 Å². The summed E-state index contributed by atoms with van der Waals surface area (Å²) in [6.07, 6.45) is 3.60. The molecule has 0 saturated heterocycles. The third-order valence-electron chi connectivity index (χ3n) is 3.68. The molecule has 2 rings (SSSR count). The Kier molecular flexibility index (Phi) is 5.17. The highest BCUT2D eigenvalue weighted by molar-refractivity contribution is 7.12. The molecule has 1 unspecified atom stereocenters. The normalized spacial score (nSPS) is 12.6. The smallest absolute Gasteiger partial charge is 0.0412 e. The van der Waals surface area contributed by atoms with Crippen molar-refractivity contribution in [3.63, 3.8) is 0 Å². The Morgan fingerprint density at radius 3 is 2.47 bits per heavy atom. The summed E-state index contributed by atoms with van der Waals surface area (Å²) in [6, 6.07) is 13.6. The van der Waals surface area contributed by atoms with E-state index in [0.29, 0.717) is 6.04 Å². The molecular weight excluding hydrogens is 250 g/mol. The van der Waals surface area contributed by atoms with Gasteiger partial charge in [0.1, 0.15) is 0 Å². The minimum absolute atomic E-state index is 0.501. The fourth-order valence-corrected chi connectivity index (χ4v) is 3.54. The van der Waals surface area contributed by atoms with Crippen molar-refractivity contribution in [3.8, 4) is 0 Å². The molecule has 0 aliphatic heterocycles. The Morgan fingerprint density at radius 2 is 1.89 bits per heavy atom. The molecule has 0 fully saturated rings. The Labute approximate surface area is 120 Å². The van der Waals surface area contributed by atoms with Gasteiger partial charge in [-0.2, -0.15) is 0 Å². The third kappa shape index (κ3) is 3.92. The van der Waals surface area contributed by atoms with Crippen LogP contribution in [0, 0.1) is 13.8 Å². The predicted octanol–water partition coefficient (Wildman–Crippen LogP) is 4.65. The van der Waals surface area contributed by atoms with Gasteiger partial charge in [0.15, 0.2) is 0 Å². The van der Waals surface area contributed by atoms with Crippen LogP contribution in [0.2, 0.25) is 0 Å². The summed E-state index contributed by atoms with van der Waals surface area (Å²) in [5.74, 6) is 0. The second-order valence-electron chi connectivity index (χ2n) is 5.11. The summed E-state index contributed by atoms with van der Waals surface area (Å²) in [6.45, 7) is 4.41. The van der Waals surface area contributed by atoms with E-state index in [0.717, 1.165) is 0 Å². The number of thiophene rings is 1. The minimum atomic E-state index is 0.501. The Morgan fingerprint density at radius 1 is 1.16 bits per heavy atom. The summed E-state index contributed by atoms with van der Waals surface area (Å²) < 4.78 is 0. The molecule has 2 heteroatoms. The van der Waals surface area contributed by atoms with E-state index in [1.165, 1.54) is 40.1 Å². The van der Waals surface area contributed by atoms with E-state index in [2.05, 4.69) is 62.6 Å². The quantitative estimate of drug-likeness (QED) is 0.808. The molecule has 1 N–H and O–H groups in total. The fraction of sp³-hybridized carbons (Fsp3) is 0.412. The summed E-state index contributed by atoms with van der Waals surface area (Å²) in [5.41, 5.74) is 2.86. The first-order chi connectivity index (χ1) is 9.20. The molecule has 1 aromatic carbocycles. The van der Waals surface area contributed by atoms with Crippen molar-refractivity contribution in [1.82, 2.24) is 5.32 Å². The van der Waals surface area contributed by atoms with Crippen LogP contribution < -0.4 is 5.32 Å². The molecule has 1 nitrogen and oxygen atoms in total. The van der Waals surface area contributed by atoms with Gasteiger partial charge in [-0.3, -0.25) is 0 Å². The number of aryl methyl sites for hydroxylation is 3. The van der Waals surface area contributed by atoms with Crippen LogP contribution in [0.3, 0.4) is 0 Å². The molecule has 0 aliphatic rings. The standard InChI is InChI=1S/C17H23NS/c1-13-12-17(19-14(13)2)16(18-3)11-7-10-15-8-5-4-6-9-15/h4-6,8-9,12,16,18H,7,10-11H2,1-3H3. The van der Waals surface area contributed by atoms with Crippen LogP contribution >= 0.6 is 11.3 Å². The lowest BCUT2D eigenvalue weighted by molar-refractivity contribution is 0.534. The zero-order chi connectivity index (χ0) is 13.7. The van der Waals surface area contributed by atoms with E-state index in [-0.39, 0.29) is 0 Å². The highest BCUT2D eigenvalue weighted by Gasteiger charge is 2.12. The van der Waals surface area contributed by atoms with Crippen LogP contribution in [0.15, 0.2) is 36.4 Å². The van der Waals surface area contributed by atoms with E-state index >= 15 is 0 Å². The lowest BCUT2D eigenvalue weighted by atomic mass is 10.0. The van der Waals surface area contributed by atoms with Gasteiger partial charge < -0.3 is 5.32 Å². The van der Waals surface area contributed by atoms with Gasteiger partial charge in [0, 0.05) is 15.8 Å². The number of rotatable bonds is 6. The second kappa shape index (κ2) is 6.88. The molecule has 0 bridgehead atoms. The average Bonchev–Trinajstić information content (AvgIpc) is 2.76. The molecule has 0 saturated carbocycles. The van der Waals surface area contributed by atoms with Crippen LogP contribution in [-0.4, -0.2) is 7.05 Å². The van der Waals surface area contributed by atoms with Gasteiger partial charge in [-0.05, 0) is 57.4 Å². The van der Waals surface area contributed by atoms with Crippen molar-refractivity contribution in [2.24, 2.45) is 0 Å². The third-order valence-corrected chi connectivity index (χ3v) is 4.94. The maximum absolute atomic E-state index is 3.46. The molecular formula is C17H23NS. The van der Waals surface area contributed by atoms with Gasteiger partial charge in [0.25, 0.3) is 0 Å². The number of hydrogen-bond acceptors (Lipinski definition) is 2. The van der Waals surface area contributed by atoms with Crippen LogP contribution in [0.25, 0.3) is 0 Å². The molecule has 1 atom stereocenters. The average molecular weight is 273 g/mol. The van der Waals surface area contributed by atoms with E-state index in [4.69, 9.17) is 0 Å². The van der Waals surface area contributed by atoms with Gasteiger partial charge in [-0.1, -0.05) is 30.3 Å². The number of nitrogens with one attached hydrogen (secondary N) is 1. The maximum atomic E-state index is 3.46. The summed E-state index contributed by atoms with van der Waals surface area (Å²) >= 11 is 1.93. The number of benzene rings is 1. The first kappa shape index (κ1) is 14.3. The Balaban J connectivity index is 1.89. The first-order valence-electron chi connectivity index (χ1n) is 6.99. The van der Waals surface area contributed by atoms with Gasteiger partial charge in [-0.15, -0.1) is 11.3 Å². The van der Waals surface area contributed by atoms with E-state index in [1.807, 2.05) is 11.3 Å². The monoisotopic (exact) mass is 273 g/mol. The molecule has 0 aliphatic carbocycles. The topological polar surface area (TPSA) is 12.0 Å². The number of hydrogen-bond donors (Lipinski definition) is 1. The SMILES string of the molecule is CNC(CCCc1ccccc1)c1cc(C)c(C)s1. The summed E-state index contributed by atoms with van der Waals surface area (Å²) in [5, 5.41) is 3.46. The van der Waals surface area contributed by atoms with Crippen molar-refractivity contribution in [3.05, 3.63) is 57.3 Å². The van der Waals surface area contributed by atoms with Crippen LogP contribution in [0.5, 0.6) is 0 Å². The van der Waals surface area contributed by atoms with Gasteiger partial charge >= 0.3 is 0 Å². The molecule has 1 aromatic heterocycles. The lowest BCUT2D eigenvalue weighted by Crippen LogP contribution is -2.15. The summed E-state index contributed by atoms with van der Waals surface area (Å²) in [7, 11) is 2.07. The summed E-state index contributed by atoms with van der Waals surface area (Å²) in [4.78, 5) is 2.92. The molecule has 0 radical (unpaired) electrons. The van der Waals surface area contributed by atoms with Crippen molar-refractivity contribution < 1.29 is 0 Å².